The van der Waals surface area contributed by atoms with Gasteiger partial charge in [0.1, 0.15) is 5.75 Å². The zero-order valence-corrected chi connectivity index (χ0v) is 10.7. The highest BCUT2D eigenvalue weighted by Crippen LogP contribution is 2.21. The number of aliphatic hydroxyl groups excluding tert-OH is 1. The molecule has 1 heterocycles. The van der Waals surface area contributed by atoms with Crippen molar-refractivity contribution in [3.05, 3.63) is 41.7 Å². The molecule has 0 aliphatic heterocycles. The van der Waals surface area contributed by atoms with Crippen molar-refractivity contribution >= 4 is 0 Å². The molecular weight excluding hydrogens is 228 g/mol. The Hall–Kier alpha value is -1.94. The average Bonchev–Trinajstić information content (AvgIpc) is 2.38. The number of ether oxygens (including phenoxy) is 1. The summed E-state index contributed by atoms with van der Waals surface area (Å²) in [5.41, 5.74) is 2.48. The highest BCUT2D eigenvalue weighted by molar-refractivity contribution is 5.56. The third-order valence-electron chi connectivity index (χ3n) is 2.82. The normalized spacial score (nSPS) is 12.2. The summed E-state index contributed by atoms with van der Waals surface area (Å²) in [5.74, 6) is 1.45. The summed E-state index contributed by atoms with van der Waals surface area (Å²) in [6.07, 6.45) is 1.13. The Kier molecular flexibility index (Phi) is 3.58. The summed E-state index contributed by atoms with van der Waals surface area (Å²) in [7, 11) is 1.63. The van der Waals surface area contributed by atoms with Gasteiger partial charge in [0.05, 0.1) is 13.2 Å². The molecule has 0 bridgehead atoms. The van der Waals surface area contributed by atoms with Crippen LogP contribution in [0.25, 0.3) is 11.4 Å². The SMILES string of the molecule is COc1ccc(-c2ncc(C(C)O)c(C)n2)cc1. The van der Waals surface area contributed by atoms with E-state index in [-0.39, 0.29) is 0 Å². The molecule has 2 aromatic rings. The predicted octanol–water partition coefficient (Wildman–Crippen LogP) is 2.51. The van der Waals surface area contributed by atoms with Gasteiger partial charge in [-0.25, -0.2) is 9.97 Å². The lowest BCUT2D eigenvalue weighted by Crippen LogP contribution is -2.01. The van der Waals surface area contributed by atoms with Crippen molar-refractivity contribution in [2.24, 2.45) is 0 Å². The molecule has 1 aromatic heterocycles. The van der Waals surface area contributed by atoms with Gasteiger partial charge >= 0.3 is 0 Å². The molecule has 0 spiro atoms. The van der Waals surface area contributed by atoms with Crippen molar-refractivity contribution in [1.82, 2.24) is 9.97 Å². The first kappa shape index (κ1) is 12.5. The van der Waals surface area contributed by atoms with Crippen molar-refractivity contribution in [2.45, 2.75) is 20.0 Å². The third kappa shape index (κ3) is 2.49. The van der Waals surface area contributed by atoms with Crippen molar-refractivity contribution in [1.29, 1.82) is 0 Å². The van der Waals surface area contributed by atoms with Gasteiger partial charge in [0, 0.05) is 23.0 Å². The number of hydrogen-bond acceptors (Lipinski definition) is 4. The van der Waals surface area contributed by atoms with E-state index in [0.717, 1.165) is 22.6 Å². The van der Waals surface area contributed by atoms with Crippen LogP contribution >= 0.6 is 0 Å². The molecule has 1 atom stereocenters. The van der Waals surface area contributed by atoms with Crippen molar-refractivity contribution < 1.29 is 9.84 Å². The Morgan fingerprint density at radius 3 is 2.39 bits per heavy atom. The Morgan fingerprint density at radius 1 is 1.22 bits per heavy atom. The van der Waals surface area contributed by atoms with Crippen LogP contribution in [0.15, 0.2) is 30.5 Å². The van der Waals surface area contributed by atoms with Gasteiger partial charge in [-0.05, 0) is 38.1 Å². The molecule has 0 radical (unpaired) electrons. The maximum absolute atomic E-state index is 9.54. The smallest absolute Gasteiger partial charge is 0.159 e. The Balaban J connectivity index is 2.36. The number of aromatic nitrogens is 2. The number of aliphatic hydroxyl groups is 1. The minimum Gasteiger partial charge on any atom is -0.497 e. The van der Waals surface area contributed by atoms with E-state index in [4.69, 9.17) is 4.74 Å². The average molecular weight is 244 g/mol. The molecule has 0 fully saturated rings. The molecule has 4 heteroatoms. The molecule has 94 valence electrons. The lowest BCUT2D eigenvalue weighted by atomic mass is 10.1. The van der Waals surface area contributed by atoms with Gasteiger partial charge in [-0.2, -0.15) is 0 Å². The fourth-order valence-electron chi connectivity index (χ4n) is 1.77. The van der Waals surface area contributed by atoms with Crippen LogP contribution in [0.5, 0.6) is 5.75 Å². The Morgan fingerprint density at radius 2 is 1.89 bits per heavy atom. The maximum Gasteiger partial charge on any atom is 0.159 e. The molecule has 0 saturated carbocycles. The van der Waals surface area contributed by atoms with E-state index >= 15 is 0 Å². The number of hydrogen-bond donors (Lipinski definition) is 1. The maximum atomic E-state index is 9.54. The summed E-state index contributed by atoms with van der Waals surface area (Å²) in [4.78, 5) is 8.68. The van der Waals surface area contributed by atoms with E-state index in [9.17, 15) is 5.11 Å². The molecule has 1 unspecified atom stereocenters. The minimum atomic E-state index is -0.546. The molecule has 0 aliphatic carbocycles. The monoisotopic (exact) mass is 244 g/mol. The van der Waals surface area contributed by atoms with E-state index < -0.39 is 6.10 Å². The van der Waals surface area contributed by atoms with E-state index in [0.29, 0.717) is 5.82 Å². The van der Waals surface area contributed by atoms with Gasteiger partial charge in [0.15, 0.2) is 5.82 Å². The topological polar surface area (TPSA) is 55.2 Å². The van der Waals surface area contributed by atoms with Crippen LogP contribution in [0.2, 0.25) is 0 Å². The number of nitrogens with zero attached hydrogens (tertiary/aromatic N) is 2. The van der Waals surface area contributed by atoms with Crippen molar-refractivity contribution in [3.8, 4) is 17.1 Å². The van der Waals surface area contributed by atoms with E-state index in [1.165, 1.54) is 0 Å². The third-order valence-corrected chi connectivity index (χ3v) is 2.82. The summed E-state index contributed by atoms with van der Waals surface area (Å²) < 4.78 is 5.11. The van der Waals surface area contributed by atoms with Gasteiger partial charge in [-0.3, -0.25) is 0 Å². The van der Waals surface area contributed by atoms with Crippen LogP contribution in [0, 0.1) is 6.92 Å². The number of aryl methyl sites for hydroxylation is 1. The molecule has 0 amide bonds. The first-order chi connectivity index (χ1) is 8.61. The molecule has 1 N–H and O–H groups in total. The van der Waals surface area contributed by atoms with Crippen LogP contribution in [0.1, 0.15) is 24.3 Å². The Labute approximate surface area is 106 Å². The first-order valence-corrected chi connectivity index (χ1v) is 5.78. The largest absolute Gasteiger partial charge is 0.497 e. The fourth-order valence-corrected chi connectivity index (χ4v) is 1.77. The second kappa shape index (κ2) is 5.14. The van der Waals surface area contributed by atoms with Gasteiger partial charge in [0.2, 0.25) is 0 Å². The number of rotatable bonds is 3. The predicted molar refractivity (Wildman–Crippen MR) is 69.4 cm³/mol. The zero-order valence-electron chi connectivity index (χ0n) is 10.7. The quantitative estimate of drug-likeness (QED) is 0.901. The number of methoxy groups -OCH3 is 1. The van der Waals surface area contributed by atoms with Gasteiger partial charge in [0.25, 0.3) is 0 Å². The summed E-state index contributed by atoms with van der Waals surface area (Å²) >= 11 is 0. The fraction of sp³-hybridized carbons (Fsp3) is 0.286. The van der Waals surface area contributed by atoms with Gasteiger partial charge in [-0.1, -0.05) is 0 Å². The highest BCUT2D eigenvalue weighted by atomic mass is 16.5. The van der Waals surface area contributed by atoms with Crippen LogP contribution < -0.4 is 4.74 Å². The number of benzene rings is 1. The molecule has 2 rings (SSSR count). The first-order valence-electron chi connectivity index (χ1n) is 5.78. The van der Waals surface area contributed by atoms with Crippen molar-refractivity contribution in [3.63, 3.8) is 0 Å². The second-order valence-electron chi connectivity index (χ2n) is 4.14. The van der Waals surface area contributed by atoms with Gasteiger partial charge in [-0.15, -0.1) is 0 Å². The van der Waals surface area contributed by atoms with Gasteiger partial charge < -0.3 is 9.84 Å². The van der Waals surface area contributed by atoms with Crippen LogP contribution in [-0.4, -0.2) is 22.2 Å². The van der Waals surface area contributed by atoms with E-state index in [1.807, 2.05) is 31.2 Å². The highest BCUT2D eigenvalue weighted by Gasteiger charge is 2.09. The molecule has 4 nitrogen and oxygen atoms in total. The lowest BCUT2D eigenvalue weighted by Gasteiger charge is -2.09. The molecule has 0 aliphatic rings. The Bertz CT molecular complexity index is 536. The molecular formula is C14H16N2O2. The second-order valence-corrected chi connectivity index (χ2v) is 4.14. The summed E-state index contributed by atoms with van der Waals surface area (Å²) in [6.45, 7) is 3.58. The van der Waals surface area contributed by atoms with Crippen LogP contribution in [-0.2, 0) is 0 Å². The molecule has 0 saturated heterocycles. The van der Waals surface area contributed by atoms with E-state index in [2.05, 4.69) is 9.97 Å². The zero-order chi connectivity index (χ0) is 13.1. The summed E-state index contributed by atoms with van der Waals surface area (Å²) in [6, 6.07) is 7.57. The summed E-state index contributed by atoms with van der Waals surface area (Å²) in [5, 5.41) is 9.54. The van der Waals surface area contributed by atoms with Crippen molar-refractivity contribution in [2.75, 3.05) is 7.11 Å². The molecule has 1 aromatic carbocycles. The molecule has 18 heavy (non-hydrogen) atoms. The lowest BCUT2D eigenvalue weighted by molar-refractivity contribution is 0.197. The van der Waals surface area contributed by atoms with Crippen LogP contribution in [0.4, 0.5) is 0 Å². The van der Waals surface area contributed by atoms with Crippen LogP contribution in [0.3, 0.4) is 0 Å². The standard InChI is InChI=1S/C14H16N2O2/c1-9-13(10(2)17)8-15-14(16-9)11-4-6-12(18-3)7-5-11/h4-8,10,17H,1-3H3. The minimum absolute atomic E-state index is 0.546. The van der Waals surface area contributed by atoms with E-state index in [1.54, 1.807) is 20.2 Å².